The molecule has 2 amide bonds. The van der Waals surface area contributed by atoms with Gasteiger partial charge in [0.15, 0.2) is 0 Å². The summed E-state index contributed by atoms with van der Waals surface area (Å²) in [5, 5.41) is 1.91. The molecule has 0 aliphatic carbocycles. The van der Waals surface area contributed by atoms with E-state index in [9.17, 15) is 14.0 Å². The molecule has 0 radical (unpaired) electrons. The van der Waals surface area contributed by atoms with Crippen molar-refractivity contribution in [2.45, 2.75) is 25.3 Å². The third kappa shape index (κ3) is 3.81. The number of benzene rings is 1. The Labute approximate surface area is 190 Å². The van der Waals surface area contributed by atoms with Crippen molar-refractivity contribution in [3.05, 3.63) is 87.6 Å². The van der Waals surface area contributed by atoms with E-state index in [4.69, 9.17) is 0 Å². The Hall–Kier alpha value is -3.06. The van der Waals surface area contributed by atoms with Gasteiger partial charge >= 0.3 is 0 Å². The molecule has 2 saturated heterocycles. The molecule has 2 fully saturated rings. The van der Waals surface area contributed by atoms with Crippen LogP contribution in [0.25, 0.3) is 0 Å². The van der Waals surface area contributed by atoms with Gasteiger partial charge in [0, 0.05) is 49.4 Å². The van der Waals surface area contributed by atoms with Gasteiger partial charge in [-0.25, -0.2) is 4.39 Å². The van der Waals surface area contributed by atoms with Crippen LogP contribution in [-0.4, -0.2) is 52.3 Å². The highest BCUT2D eigenvalue weighted by molar-refractivity contribution is 7.12. The maximum atomic E-state index is 13.6. The van der Waals surface area contributed by atoms with Gasteiger partial charge in [0.2, 0.25) is 0 Å². The first-order valence-electron chi connectivity index (χ1n) is 10.8. The van der Waals surface area contributed by atoms with Crippen LogP contribution in [0.2, 0.25) is 0 Å². The van der Waals surface area contributed by atoms with Gasteiger partial charge in [-0.05, 0) is 54.6 Å². The first kappa shape index (κ1) is 20.8. The van der Waals surface area contributed by atoms with Gasteiger partial charge in [0.25, 0.3) is 11.8 Å². The molecule has 2 aromatic heterocycles. The molecule has 0 spiro atoms. The molecule has 5 nitrogen and oxygen atoms in total. The Kier molecular flexibility index (Phi) is 5.51. The Morgan fingerprint density at radius 1 is 1.06 bits per heavy atom. The van der Waals surface area contributed by atoms with E-state index in [2.05, 4.69) is 4.98 Å². The summed E-state index contributed by atoms with van der Waals surface area (Å²) in [6.45, 7) is 3.63. The van der Waals surface area contributed by atoms with E-state index in [1.54, 1.807) is 18.3 Å². The lowest BCUT2D eigenvalue weighted by Gasteiger charge is -2.39. The van der Waals surface area contributed by atoms with Crippen LogP contribution in [0.4, 0.5) is 4.39 Å². The maximum Gasteiger partial charge on any atom is 0.264 e. The third-order valence-corrected chi connectivity index (χ3v) is 7.53. The Balaban J connectivity index is 1.43. The Bertz CT molecular complexity index is 1120. The normalized spacial score (nSPS) is 22.6. The summed E-state index contributed by atoms with van der Waals surface area (Å²) in [6, 6.07) is 14.0. The van der Waals surface area contributed by atoms with Gasteiger partial charge in [-0.1, -0.05) is 18.2 Å². The van der Waals surface area contributed by atoms with Crippen LogP contribution in [0.5, 0.6) is 0 Å². The Morgan fingerprint density at radius 3 is 2.56 bits per heavy atom. The average molecular weight is 450 g/mol. The standard InChI is InChI=1S/C25H24FN3O2S/c1-16-4-5-18(13-27-16)24(30)28-11-10-22-21(14-28)20(17-6-8-19(26)9-7-17)15-29(22)25(31)23-3-2-12-32-23/h2-9,12-13,20-22H,10-11,14-15H2,1H3/t20-,21-,22-/m1/s1. The number of hydrogen-bond donors (Lipinski definition) is 0. The second-order valence-electron chi connectivity index (χ2n) is 8.55. The predicted molar refractivity (Wildman–Crippen MR) is 121 cm³/mol. The molecule has 0 bridgehead atoms. The number of thiophene rings is 1. The number of piperidine rings is 1. The van der Waals surface area contributed by atoms with Crippen molar-refractivity contribution < 1.29 is 14.0 Å². The fourth-order valence-electron chi connectivity index (χ4n) is 5.03. The summed E-state index contributed by atoms with van der Waals surface area (Å²) in [4.78, 5) is 35.2. The molecule has 0 saturated carbocycles. The molecule has 7 heteroatoms. The molecule has 0 unspecified atom stereocenters. The van der Waals surface area contributed by atoms with Crippen LogP contribution in [0.1, 0.15) is 43.6 Å². The number of nitrogens with zero attached hydrogens (tertiary/aromatic N) is 3. The minimum atomic E-state index is -0.276. The van der Waals surface area contributed by atoms with Crippen molar-refractivity contribution in [3.63, 3.8) is 0 Å². The molecule has 1 aromatic carbocycles. The zero-order valence-corrected chi connectivity index (χ0v) is 18.6. The lowest BCUT2D eigenvalue weighted by Crippen LogP contribution is -2.49. The summed E-state index contributed by atoms with van der Waals surface area (Å²) in [5.41, 5.74) is 2.46. The second kappa shape index (κ2) is 8.47. The van der Waals surface area contributed by atoms with Gasteiger partial charge in [0.05, 0.1) is 10.4 Å². The van der Waals surface area contributed by atoms with Crippen LogP contribution in [0.15, 0.2) is 60.1 Å². The van der Waals surface area contributed by atoms with Crippen molar-refractivity contribution >= 4 is 23.2 Å². The number of aryl methyl sites for hydroxylation is 1. The summed E-state index contributed by atoms with van der Waals surface area (Å²) >= 11 is 1.45. The molecule has 3 aromatic rings. The monoisotopic (exact) mass is 449 g/mol. The highest BCUT2D eigenvalue weighted by Gasteiger charge is 2.48. The molecule has 2 aliphatic heterocycles. The number of likely N-dealkylation sites (tertiary alicyclic amines) is 2. The molecular weight excluding hydrogens is 425 g/mol. The van der Waals surface area contributed by atoms with Gasteiger partial charge in [-0.2, -0.15) is 0 Å². The smallest absolute Gasteiger partial charge is 0.264 e. The van der Waals surface area contributed by atoms with Crippen LogP contribution in [-0.2, 0) is 0 Å². The molecule has 32 heavy (non-hydrogen) atoms. The molecule has 2 aliphatic rings. The number of pyridine rings is 1. The van der Waals surface area contributed by atoms with Crippen molar-refractivity contribution in [2.24, 2.45) is 5.92 Å². The summed E-state index contributed by atoms with van der Waals surface area (Å²) < 4.78 is 13.6. The predicted octanol–water partition coefficient (Wildman–Crippen LogP) is 4.36. The zero-order chi connectivity index (χ0) is 22.2. The van der Waals surface area contributed by atoms with Crippen LogP contribution < -0.4 is 0 Å². The maximum absolute atomic E-state index is 13.6. The van der Waals surface area contributed by atoms with E-state index in [0.29, 0.717) is 25.2 Å². The first-order chi connectivity index (χ1) is 15.5. The molecule has 0 N–H and O–H groups in total. The van der Waals surface area contributed by atoms with E-state index in [1.807, 2.05) is 46.4 Å². The highest BCUT2D eigenvalue weighted by Crippen LogP contribution is 2.42. The number of carbonyl (C=O) groups excluding carboxylic acids is 2. The average Bonchev–Trinajstić information content (AvgIpc) is 3.47. The fraction of sp³-hybridized carbons (Fsp3) is 0.320. The summed E-state index contributed by atoms with van der Waals surface area (Å²) in [5.74, 6) is -0.113. The minimum Gasteiger partial charge on any atom is -0.338 e. The van der Waals surface area contributed by atoms with Crippen molar-refractivity contribution in [1.29, 1.82) is 0 Å². The minimum absolute atomic E-state index is 0.0307. The number of halogens is 1. The lowest BCUT2D eigenvalue weighted by molar-refractivity contribution is 0.0536. The number of carbonyl (C=O) groups is 2. The Morgan fingerprint density at radius 2 is 1.88 bits per heavy atom. The SMILES string of the molecule is Cc1ccc(C(=O)N2CC[C@@H]3[C@H](C2)[C@@H](c2ccc(F)cc2)CN3C(=O)c2cccs2)cn1. The fourth-order valence-corrected chi connectivity index (χ4v) is 5.71. The molecule has 4 heterocycles. The second-order valence-corrected chi connectivity index (χ2v) is 9.50. The largest absolute Gasteiger partial charge is 0.338 e. The third-order valence-electron chi connectivity index (χ3n) is 6.67. The number of hydrogen-bond acceptors (Lipinski definition) is 4. The van der Waals surface area contributed by atoms with E-state index >= 15 is 0 Å². The number of amides is 2. The van der Waals surface area contributed by atoms with Crippen LogP contribution in [0.3, 0.4) is 0 Å². The number of fused-ring (bicyclic) bond motifs is 1. The highest BCUT2D eigenvalue weighted by atomic mass is 32.1. The lowest BCUT2D eigenvalue weighted by atomic mass is 9.81. The van der Waals surface area contributed by atoms with Crippen LogP contribution >= 0.6 is 11.3 Å². The van der Waals surface area contributed by atoms with E-state index in [1.165, 1.54) is 23.5 Å². The first-order valence-corrected chi connectivity index (χ1v) is 11.7. The molecular formula is C25H24FN3O2S. The van der Waals surface area contributed by atoms with E-state index < -0.39 is 0 Å². The summed E-state index contributed by atoms with van der Waals surface area (Å²) in [7, 11) is 0. The van der Waals surface area contributed by atoms with E-state index in [0.717, 1.165) is 22.6 Å². The van der Waals surface area contributed by atoms with Crippen molar-refractivity contribution in [1.82, 2.24) is 14.8 Å². The molecule has 3 atom stereocenters. The number of aromatic nitrogens is 1. The topological polar surface area (TPSA) is 53.5 Å². The van der Waals surface area contributed by atoms with Crippen molar-refractivity contribution in [3.8, 4) is 0 Å². The van der Waals surface area contributed by atoms with Gasteiger partial charge < -0.3 is 9.80 Å². The van der Waals surface area contributed by atoms with Crippen LogP contribution in [0, 0.1) is 18.7 Å². The zero-order valence-electron chi connectivity index (χ0n) is 17.8. The van der Waals surface area contributed by atoms with E-state index in [-0.39, 0.29) is 35.5 Å². The van der Waals surface area contributed by atoms with Crippen molar-refractivity contribution in [2.75, 3.05) is 19.6 Å². The van der Waals surface area contributed by atoms with Gasteiger partial charge in [0.1, 0.15) is 5.82 Å². The molecule has 5 rings (SSSR count). The summed E-state index contributed by atoms with van der Waals surface area (Å²) in [6.07, 6.45) is 2.35. The molecule has 164 valence electrons. The van der Waals surface area contributed by atoms with Gasteiger partial charge in [-0.15, -0.1) is 11.3 Å². The number of rotatable bonds is 3. The quantitative estimate of drug-likeness (QED) is 0.597. The van der Waals surface area contributed by atoms with Gasteiger partial charge in [-0.3, -0.25) is 14.6 Å².